The van der Waals surface area contributed by atoms with Gasteiger partial charge in [-0.25, -0.2) is 9.07 Å². The first-order chi connectivity index (χ1) is 16.6. The van der Waals surface area contributed by atoms with E-state index in [1.165, 1.54) is 47.3 Å². The second-order valence-electron chi connectivity index (χ2n) is 7.45. The van der Waals surface area contributed by atoms with Crippen molar-refractivity contribution >= 4 is 28.5 Å². The van der Waals surface area contributed by atoms with Crippen LogP contribution in [0.25, 0.3) is 11.0 Å². The van der Waals surface area contributed by atoms with Crippen molar-refractivity contribution in [1.82, 2.24) is 25.3 Å². The van der Waals surface area contributed by atoms with Crippen LogP contribution in [-0.4, -0.2) is 52.1 Å². The number of anilines is 1. The Morgan fingerprint density at radius 2 is 1.91 bits per heavy atom. The summed E-state index contributed by atoms with van der Waals surface area (Å²) in [4.78, 5) is 32.3. The van der Waals surface area contributed by atoms with Gasteiger partial charge in [0.2, 0.25) is 11.8 Å². The first-order valence-electron chi connectivity index (χ1n) is 10.6. The molecule has 9 nitrogen and oxygen atoms in total. The fourth-order valence-corrected chi connectivity index (χ4v) is 3.64. The number of hydrogen-bond donors (Lipinski definition) is 1. The van der Waals surface area contributed by atoms with E-state index in [4.69, 9.17) is 4.74 Å². The van der Waals surface area contributed by atoms with Gasteiger partial charge in [0.1, 0.15) is 23.9 Å². The number of nitrogens with one attached hydrogen (secondary N) is 1. The molecule has 2 aromatic carbocycles. The number of carbonyl (C=O) groups excluding carboxylic acids is 2. The zero-order chi connectivity index (χ0) is 23.9. The molecule has 2 aromatic heterocycles. The van der Waals surface area contributed by atoms with Crippen LogP contribution in [0.15, 0.2) is 73.1 Å². The molecule has 0 fully saturated rings. The molecule has 0 radical (unpaired) electrons. The van der Waals surface area contributed by atoms with Crippen molar-refractivity contribution in [3.05, 3.63) is 84.4 Å². The van der Waals surface area contributed by atoms with Crippen LogP contribution >= 0.6 is 0 Å². The van der Waals surface area contributed by atoms with Crippen LogP contribution in [0.2, 0.25) is 0 Å². The molecule has 0 bridgehead atoms. The summed E-state index contributed by atoms with van der Waals surface area (Å²) in [5.41, 5.74) is 2.06. The number of hydrogen-bond acceptors (Lipinski definition) is 6. The van der Waals surface area contributed by atoms with Crippen molar-refractivity contribution < 1.29 is 18.7 Å². The SMILES string of the molecule is COCCNC(=O)C(c1ccncc1)N(C(=O)Cn1nnc2ccccc21)c1cccc(F)c1. The van der Waals surface area contributed by atoms with Crippen LogP contribution in [0.4, 0.5) is 10.1 Å². The fourth-order valence-electron chi connectivity index (χ4n) is 3.64. The zero-order valence-corrected chi connectivity index (χ0v) is 18.5. The molecular formula is C24H23FN6O3. The number of aromatic nitrogens is 4. The highest BCUT2D eigenvalue weighted by molar-refractivity contribution is 6.01. The number of para-hydroxylation sites is 1. The Balaban J connectivity index is 1.76. The molecule has 0 saturated heterocycles. The summed E-state index contributed by atoms with van der Waals surface area (Å²) in [6, 6.07) is 15.0. The number of pyridine rings is 1. The van der Waals surface area contributed by atoms with E-state index in [2.05, 4.69) is 20.6 Å². The summed E-state index contributed by atoms with van der Waals surface area (Å²) in [7, 11) is 1.53. The Bertz CT molecular complexity index is 1280. The predicted molar refractivity (Wildman–Crippen MR) is 123 cm³/mol. The van der Waals surface area contributed by atoms with Crippen LogP contribution in [0.1, 0.15) is 11.6 Å². The van der Waals surface area contributed by atoms with Gasteiger partial charge in [0, 0.05) is 31.7 Å². The molecular weight excluding hydrogens is 439 g/mol. The number of rotatable bonds is 9. The topological polar surface area (TPSA) is 102 Å². The van der Waals surface area contributed by atoms with Crippen LogP contribution in [0.5, 0.6) is 0 Å². The Labute approximate surface area is 195 Å². The van der Waals surface area contributed by atoms with Crippen molar-refractivity contribution in [2.45, 2.75) is 12.6 Å². The molecule has 0 aliphatic rings. The molecule has 2 amide bonds. The summed E-state index contributed by atoms with van der Waals surface area (Å²) < 4.78 is 20.7. The highest BCUT2D eigenvalue weighted by Crippen LogP contribution is 2.29. The van der Waals surface area contributed by atoms with E-state index in [0.29, 0.717) is 23.2 Å². The van der Waals surface area contributed by atoms with E-state index in [0.717, 1.165) is 0 Å². The van der Waals surface area contributed by atoms with Gasteiger partial charge in [-0.05, 0) is 48.0 Å². The fraction of sp³-hybridized carbons (Fsp3) is 0.208. The molecule has 0 saturated carbocycles. The zero-order valence-electron chi connectivity index (χ0n) is 18.5. The molecule has 1 unspecified atom stereocenters. The minimum absolute atomic E-state index is 0.204. The number of amides is 2. The smallest absolute Gasteiger partial charge is 0.249 e. The van der Waals surface area contributed by atoms with E-state index in [-0.39, 0.29) is 18.8 Å². The lowest BCUT2D eigenvalue weighted by Crippen LogP contribution is -2.46. The van der Waals surface area contributed by atoms with E-state index < -0.39 is 23.7 Å². The van der Waals surface area contributed by atoms with Crippen LogP contribution < -0.4 is 10.2 Å². The number of fused-ring (bicyclic) bond motifs is 1. The minimum Gasteiger partial charge on any atom is -0.383 e. The summed E-state index contributed by atoms with van der Waals surface area (Å²) in [6.45, 7) is 0.341. The third kappa shape index (κ3) is 5.07. The number of benzene rings is 2. The van der Waals surface area contributed by atoms with Crippen molar-refractivity contribution in [3.63, 3.8) is 0 Å². The largest absolute Gasteiger partial charge is 0.383 e. The summed E-state index contributed by atoms with van der Waals surface area (Å²) in [5, 5.41) is 11.0. The first kappa shape index (κ1) is 23.0. The average Bonchev–Trinajstić information content (AvgIpc) is 3.25. The molecule has 0 spiro atoms. The van der Waals surface area contributed by atoms with Crippen molar-refractivity contribution in [1.29, 1.82) is 0 Å². The number of carbonyl (C=O) groups is 2. The predicted octanol–water partition coefficient (Wildman–Crippen LogP) is 2.50. The van der Waals surface area contributed by atoms with Crippen LogP contribution in [0, 0.1) is 5.82 Å². The molecule has 10 heteroatoms. The Morgan fingerprint density at radius 3 is 2.68 bits per heavy atom. The van der Waals surface area contributed by atoms with Gasteiger partial charge in [-0.1, -0.05) is 23.4 Å². The summed E-state index contributed by atoms with van der Waals surface area (Å²) in [6.07, 6.45) is 3.06. The number of methoxy groups -OCH3 is 1. The monoisotopic (exact) mass is 462 g/mol. The van der Waals surface area contributed by atoms with Gasteiger partial charge >= 0.3 is 0 Å². The Hall–Kier alpha value is -4.18. The molecule has 0 aliphatic heterocycles. The first-order valence-corrected chi connectivity index (χ1v) is 10.6. The molecule has 4 aromatic rings. The highest BCUT2D eigenvalue weighted by Gasteiger charge is 2.33. The third-order valence-electron chi connectivity index (χ3n) is 5.19. The average molecular weight is 462 g/mol. The van der Waals surface area contributed by atoms with Gasteiger partial charge in [-0.3, -0.25) is 19.5 Å². The van der Waals surface area contributed by atoms with Crippen molar-refractivity contribution in [2.24, 2.45) is 0 Å². The maximum Gasteiger partial charge on any atom is 0.249 e. The van der Waals surface area contributed by atoms with E-state index in [1.807, 2.05) is 12.1 Å². The number of halogens is 1. The standard InChI is InChI=1S/C24H23FN6O3/c1-34-14-13-27-24(33)23(17-9-11-26-12-10-17)31(19-6-4-5-18(25)15-19)22(32)16-30-21-8-3-2-7-20(21)28-29-30/h2-12,15,23H,13-14,16H2,1H3,(H,27,33). The molecule has 1 atom stereocenters. The molecule has 174 valence electrons. The Kier molecular flexibility index (Phi) is 7.19. The van der Waals surface area contributed by atoms with E-state index >= 15 is 0 Å². The number of nitrogens with zero attached hydrogens (tertiary/aromatic N) is 5. The van der Waals surface area contributed by atoms with E-state index in [1.54, 1.807) is 30.3 Å². The van der Waals surface area contributed by atoms with Gasteiger partial charge in [-0.15, -0.1) is 5.10 Å². The normalized spacial score (nSPS) is 11.8. The third-order valence-corrected chi connectivity index (χ3v) is 5.19. The van der Waals surface area contributed by atoms with Crippen molar-refractivity contribution in [2.75, 3.05) is 25.2 Å². The van der Waals surface area contributed by atoms with Gasteiger partial charge in [0.25, 0.3) is 0 Å². The molecule has 34 heavy (non-hydrogen) atoms. The van der Waals surface area contributed by atoms with Gasteiger partial charge in [0.15, 0.2) is 0 Å². The van der Waals surface area contributed by atoms with E-state index in [9.17, 15) is 14.0 Å². The molecule has 0 aliphatic carbocycles. The van der Waals surface area contributed by atoms with Gasteiger partial charge in [0.05, 0.1) is 12.1 Å². The second kappa shape index (κ2) is 10.6. The maximum absolute atomic E-state index is 14.2. The number of ether oxygens (including phenoxy) is 1. The minimum atomic E-state index is -1.08. The van der Waals surface area contributed by atoms with Crippen LogP contribution in [-0.2, 0) is 20.9 Å². The van der Waals surface area contributed by atoms with Crippen LogP contribution in [0.3, 0.4) is 0 Å². The molecule has 1 N–H and O–H groups in total. The summed E-state index contributed by atoms with van der Waals surface area (Å²) >= 11 is 0. The highest BCUT2D eigenvalue weighted by atomic mass is 19.1. The van der Waals surface area contributed by atoms with Gasteiger partial charge in [-0.2, -0.15) is 0 Å². The molecule has 4 rings (SSSR count). The quantitative estimate of drug-likeness (QED) is 0.384. The lowest BCUT2D eigenvalue weighted by Gasteiger charge is -2.31. The molecule has 2 heterocycles. The van der Waals surface area contributed by atoms with Gasteiger partial charge < -0.3 is 10.1 Å². The second-order valence-corrected chi connectivity index (χ2v) is 7.45. The maximum atomic E-state index is 14.2. The lowest BCUT2D eigenvalue weighted by molar-refractivity contribution is -0.127. The Morgan fingerprint density at radius 1 is 1.12 bits per heavy atom. The lowest BCUT2D eigenvalue weighted by atomic mass is 10.0. The summed E-state index contributed by atoms with van der Waals surface area (Å²) in [5.74, 6) is -1.44. The van der Waals surface area contributed by atoms with Crippen molar-refractivity contribution in [3.8, 4) is 0 Å².